The van der Waals surface area contributed by atoms with Crippen molar-refractivity contribution in [2.75, 3.05) is 7.11 Å². The van der Waals surface area contributed by atoms with E-state index in [0.29, 0.717) is 12.2 Å². The Morgan fingerprint density at radius 2 is 2.38 bits per heavy atom. The first-order valence-electron chi connectivity index (χ1n) is 3.96. The lowest BCUT2D eigenvalue weighted by molar-refractivity contribution is -0.107. The maximum Gasteiger partial charge on any atom is 0.137 e. The molecule has 1 rings (SSSR count). The SMILES string of the molecule is COc1cncc(C=CCC=O)c1. The van der Waals surface area contributed by atoms with Crippen LogP contribution >= 0.6 is 0 Å². The standard InChI is InChI=1S/C10H11NO2/c1-13-10-6-9(7-11-8-10)4-2-3-5-12/h2,4-8H,3H2,1H3. The Hall–Kier alpha value is -1.64. The summed E-state index contributed by atoms with van der Waals surface area (Å²) in [6.45, 7) is 0. The van der Waals surface area contributed by atoms with E-state index in [2.05, 4.69) is 4.98 Å². The normalized spacial score (nSPS) is 10.2. The molecule has 3 nitrogen and oxygen atoms in total. The lowest BCUT2D eigenvalue weighted by atomic mass is 10.2. The van der Waals surface area contributed by atoms with Crippen molar-refractivity contribution < 1.29 is 9.53 Å². The van der Waals surface area contributed by atoms with Gasteiger partial charge in [-0.3, -0.25) is 4.98 Å². The van der Waals surface area contributed by atoms with E-state index in [4.69, 9.17) is 4.74 Å². The molecular weight excluding hydrogens is 166 g/mol. The summed E-state index contributed by atoms with van der Waals surface area (Å²) in [5, 5.41) is 0. The molecular formula is C10H11NO2. The summed E-state index contributed by atoms with van der Waals surface area (Å²) in [6, 6.07) is 1.86. The third kappa shape index (κ3) is 3.07. The fraction of sp³-hybridized carbons (Fsp3) is 0.200. The molecule has 0 aliphatic heterocycles. The van der Waals surface area contributed by atoms with Crippen LogP contribution in [0.5, 0.6) is 5.75 Å². The highest BCUT2D eigenvalue weighted by atomic mass is 16.5. The summed E-state index contributed by atoms with van der Waals surface area (Å²) < 4.78 is 5.00. The number of hydrogen-bond donors (Lipinski definition) is 0. The van der Waals surface area contributed by atoms with Gasteiger partial charge in [0.05, 0.1) is 13.3 Å². The van der Waals surface area contributed by atoms with Crippen LogP contribution in [0.3, 0.4) is 0 Å². The van der Waals surface area contributed by atoms with Gasteiger partial charge in [0.2, 0.25) is 0 Å². The number of ether oxygens (including phenoxy) is 1. The summed E-state index contributed by atoms with van der Waals surface area (Å²) in [5.41, 5.74) is 0.932. The number of aldehydes is 1. The number of pyridine rings is 1. The summed E-state index contributed by atoms with van der Waals surface area (Å²) >= 11 is 0. The van der Waals surface area contributed by atoms with E-state index in [1.807, 2.05) is 12.1 Å². The molecule has 1 aromatic heterocycles. The molecule has 0 N–H and O–H groups in total. The van der Waals surface area contributed by atoms with Crippen LogP contribution in [0.1, 0.15) is 12.0 Å². The summed E-state index contributed by atoms with van der Waals surface area (Å²) in [7, 11) is 1.59. The molecule has 0 atom stereocenters. The van der Waals surface area contributed by atoms with Crippen LogP contribution in [-0.4, -0.2) is 18.4 Å². The molecule has 68 valence electrons. The van der Waals surface area contributed by atoms with Crippen LogP contribution in [0.25, 0.3) is 6.08 Å². The highest BCUT2D eigenvalue weighted by molar-refractivity contribution is 5.58. The van der Waals surface area contributed by atoms with Gasteiger partial charge in [0.25, 0.3) is 0 Å². The number of carbonyl (C=O) groups excluding carboxylic acids is 1. The predicted octanol–water partition coefficient (Wildman–Crippen LogP) is 1.69. The minimum absolute atomic E-state index is 0.428. The molecule has 13 heavy (non-hydrogen) atoms. The first-order chi connectivity index (χ1) is 6.36. The molecule has 0 unspecified atom stereocenters. The molecule has 1 heterocycles. The van der Waals surface area contributed by atoms with Gasteiger partial charge in [-0.2, -0.15) is 0 Å². The van der Waals surface area contributed by atoms with E-state index in [-0.39, 0.29) is 0 Å². The topological polar surface area (TPSA) is 39.2 Å². The molecule has 0 amide bonds. The molecule has 1 aromatic rings. The van der Waals surface area contributed by atoms with Gasteiger partial charge in [0, 0.05) is 12.6 Å². The Balaban J connectivity index is 2.71. The number of rotatable bonds is 4. The number of allylic oxidation sites excluding steroid dienone is 1. The number of hydrogen-bond acceptors (Lipinski definition) is 3. The average Bonchev–Trinajstić information content (AvgIpc) is 2.19. The number of aromatic nitrogens is 1. The van der Waals surface area contributed by atoms with E-state index < -0.39 is 0 Å². The second-order valence-electron chi connectivity index (χ2n) is 2.46. The van der Waals surface area contributed by atoms with Crippen LogP contribution in [0.15, 0.2) is 24.5 Å². The molecule has 0 saturated heterocycles. The van der Waals surface area contributed by atoms with Crippen molar-refractivity contribution in [3.05, 3.63) is 30.1 Å². The van der Waals surface area contributed by atoms with Gasteiger partial charge in [-0.1, -0.05) is 12.2 Å². The Labute approximate surface area is 77.1 Å². The largest absolute Gasteiger partial charge is 0.495 e. The molecule has 0 radical (unpaired) electrons. The van der Waals surface area contributed by atoms with Gasteiger partial charge >= 0.3 is 0 Å². The Bertz CT molecular complexity index is 308. The molecule has 0 aliphatic rings. The summed E-state index contributed by atoms with van der Waals surface area (Å²) in [4.78, 5) is 14.0. The highest BCUT2D eigenvalue weighted by Gasteiger charge is 1.91. The zero-order valence-electron chi connectivity index (χ0n) is 7.43. The molecule has 0 fully saturated rings. The molecule has 0 bridgehead atoms. The number of nitrogens with zero attached hydrogens (tertiary/aromatic N) is 1. The van der Waals surface area contributed by atoms with Gasteiger partial charge in [0.1, 0.15) is 12.0 Å². The quantitative estimate of drug-likeness (QED) is 0.657. The Kier molecular flexibility index (Phi) is 3.70. The lowest BCUT2D eigenvalue weighted by Gasteiger charge is -1.98. The summed E-state index contributed by atoms with van der Waals surface area (Å²) in [5.74, 6) is 0.716. The summed E-state index contributed by atoms with van der Waals surface area (Å²) in [6.07, 6.45) is 8.25. The minimum Gasteiger partial charge on any atom is -0.495 e. The fourth-order valence-corrected chi connectivity index (χ4v) is 0.898. The van der Waals surface area contributed by atoms with Crippen LogP contribution in [0.4, 0.5) is 0 Å². The Morgan fingerprint density at radius 1 is 1.54 bits per heavy atom. The van der Waals surface area contributed by atoms with Crippen molar-refractivity contribution in [1.82, 2.24) is 4.98 Å². The third-order valence-electron chi connectivity index (χ3n) is 1.51. The lowest BCUT2D eigenvalue weighted by Crippen LogP contribution is -1.84. The smallest absolute Gasteiger partial charge is 0.137 e. The Morgan fingerprint density at radius 3 is 3.08 bits per heavy atom. The van der Waals surface area contributed by atoms with Crippen molar-refractivity contribution in [2.24, 2.45) is 0 Å². The van der Waals surface area contributed by atoms with Crippen molar-refractivity contribution in [3.8, 4) is 5.75 Å². The highest BCUT2D eigenvalue weighted by Crippen LogP contribution is 2.11. The molecule has 0 saturated carbocycles. The second-order valence-corrected chi connectivity index (χ2v) is 2.46. The van der Waals surface area contributed by atoms with Crippen molar-refractivity contribution >= 4 is 12.4 Å². The van der Waals surface area contributed by atoms with Crippen molar-refractivity contribution in [1.29, 1.82) is 0 Å². The van der Waals surface area contributed by atoms with Crippen LogP contribution in [0, 0.1) is 0 Å². The second kappa shape index (κ2) is 5.09. The minimum atomic E-state index is 0.428. The molecule has 0 aliphatic carbocycles. The first-order valence-corrected chi connectivity index (χ1v) is 3.96. The van der Waals surface area contributed by atoms with Crippen LogP contribution in [-0.2, 0) is 4.79 Å². The van der Waals surface area contributed by atoms with E-state index in [0.717, 1.165) is 11.8 Å². The number of methoxy groups -OCH3 is 1. The van der Waals surface area contributed by atoms with Gasteiger partial charge in [-0.15, -0.1) is 0 Å². The maximum absolute atomic E-state index is 10.0. The average molecular weight is 177 g/mol. The van der Waals surface area contributed by atoms with E-state index in [1.165, 1.54) is 0 Å². The fourth-order valence-electron chi connectivity index (χ4n) is 0.898. The van der Waals surface area contributed by atoms with Crippen LogP contribution < -0.4 is 4.74 Å². The zero-order chi connectivity index (χ0) is 9.52. The molecule has 0 spiro atoms. The number of carbonyl (C=O) groups is 1. The van der Waals surface area contributed by atoms with Crippen molar-refractivity contribution in [3.63, 3.8) is 0 Å². The molecule has 0 aromatic carbocycles. The monoisotopic (exact) mass is 177 g/mol. The predicted molar refractivity (Wildman–Crippen MR) is 50.5 cm³/mol. The van der Waals surface area contributed by atoms with Crippen molar-refractivity contribution in [2.45, 2.75) is 6.42 Å². The molecule has 3 heteroatoms. The first kappa shape index (κ1) is 9.45. The van der Waals surface area contributed by atoms with E-state index >= 15 is 0 Å². The maximum atomic E-state index is 10.0. The van der Waals surface area contributed by atoms with Gasteiger partial charge in [-0.25, -0.2) is 0 Å². The van der Waals surface area contributed by atoms with Gasteiger partial charge in [-0.05, 0) is 11.6 Å². The zero-order valence-corrected chi connectivity index (χ0v) is 7.43. The van der Waals surface area contributed by atoms with E-state index in [1.54, 1.807) is 25.6 Å². The van der Waals surface area contributed by atoms with Gasteiger partial charge < -0.3 is 9.53 Å². The van der Waals surface area contributed by atoms with E-state index in [9.17, 15) is 4.79 Å². The van der Waals surface area contributed by atoms with Crippen LogP contribution in [0.2, 0.25) is 0 Å². The third-order valence-corrected chi connectivity index (χ3v) is 1.51. The van der Waals surface area contributed by atoms with Gasteiger partial charge in [0.15, 0.2) is 0 Å².